The van der Waals surface area contributed by atoms with E-state index in [4.69, 9.17) is 9.97 Å². The van der Waals surface area contributed by atoms with Crippen LogP contribution in [-0.2, 0) is 5.41 Å². The summed E-state index contributed by atoms with van der Waals surface area (Å²) in [5, 5.41) is 9.82. The third-order valence-electron chi connectivity index (χ3n) is 10.6. The Labute approximate surface area is 285 Å². The molecule has 2 nitrogen and oxygen atoms in total. The predicted molar refractivity (Wildman–Crippen MR) is 206 cm³/mol. The van der Waals surface area contributed by atoms with E-state index in [0.29, 0.717) is 0 Å². The van der Waals surface area contributed by atoms with Crippen molar-refractivity contribution in [1.82, 2.24) is 9.97 Å². The van der Waals surface area contributed by atoms with E-state index in [1.54, 1.807) is 0 Å². The summed E-state index contributed by atoms with van der Waals surface area (Å²) in [6.07, 6.45) is 0. The standard InChI is InChI=1S/C47H32N2/c1-47(2)40-22-12-21-37(44(40)39-25-31-16-6-7-17-32(31)27-41(39)47)42-28-43(49-46(48-42)30-14-4-3-5-15-30)45-35-20-11-9-18-33(35)26-38-34-19-10-8-13-29(34)23-24-36(38)45/h3-28H,1-2H3. The Morgan fingerprint density at radius 2 is 1.06 bits per heavy atom. The Morgan fingerprint density at radius 1 is 0.388 bits per heavy atom. The minimum atomic E-state index is -0.143. The first-order valence-corrected chi connectivity index (χ1v) is 17.0. The molecule has 0 atom stereocenters. The lowest BCUT2D eigenvalue weighted by Crippen LogP contribution is -2.14. The van der Waals surface area contributed by atoms with Gasteiger partial charge in [-0.1, -0.05) is 147 Å². The van der Waals surface area contributed by atoms with Crippen molar-refractivity contribution in [3.63, 3.8) is 0 Å². The maximum absolute atomic E-state index is 5.38. The van der Waals surface area contributed by atoms with Gasteiger partial charge in [0.2, 0.25) is 0 Å². The average molecular weight is 625 g/mol. The molecule has 1 aliphatic carbocycles. The molecule has 230 valence electrons. The quantitative estimate of drug-likeness (QED) is 0.144. The summed E-state index contributed by atoms with van der Waals surface area (Å²) in [6, 6.07) is 57.0. The highest BCUT2D eigenvalue weighted by Gasteiger charge is 2.37. The van der Waals surface area contributed by atoms with Gasteiger partial charge in [0, 0.05) is 22.1 Å². The molecular formula is C47H32N2. The first-order valence-electron chi connectivity index (χ1n) is 17.0. The minimum absolute atomic E-state index is 0.143. The molecule has 10 rings (SSSR count). The number of benzene rings is 8. The van der Waals surface area contributed by atoms with Gasteiger partial charge in [0.1, 0.15) is 0 Å². The van der Waals surface area contributed by atoms with Gasteiger partial charge < -0.3 is 0 Å². The van der Waals surface area contributed by atoms with Crippen LogP contribution in [0.2, 0.25) is 0 Å². The molecule has 1 aromatic heterocycles. The molecule has 9 aromatic rings. The first-order chi connectivity index (χ1) is 24.0. The molecule has 0 aliphatic heterocycles. The number of rotatable bonds is 3. The average Bonchev–Trinajstić information content (AvgIpc) is 3.38. The molecule has 2 heteroatoms. The second kappa shape index (κ2) is 10.4. The van der Waals surface area contributed by atoms with E-state index in [1.807, 2.05) is 6.07 Å². The number of hydrogen-bond acceptors (Lipinski definition) is 2. The molecule has 0 bridgehead atoms. The van der Waals surface area contributed by atoms with Crippen LogP contribution < -0.4 is 0 Å². The molecule has 0 spiro atoms. The van der Waals surface area contributed by atoms with Gasteiger partial charge in [0.25, 0.3) is 0 Å². The molecule has 1 heterocycles. The van der Waals surface area contributed by atoms with Gasteiger partial charge in [-0.2, -0.15) is 0 Å². The molecule has 0 amide bonds. The molecule has 0 N–H and O–H groups in total. The van der Waals surface area contributed by atoms with E-state index in [2.05, 4.69) is 166 Å². The fraction of sp³-hybridized carbons (Fsp3) is 0.0638. The van der Waals surface area contributed by atoms with Gasteiger partial charge in [-0.3, -0.25) is 0 Å². The lowest BCUT2D eigenvalue weighted by Gasteiger charge is -2.22. The molecule has 0 saturated heterocycles. The van der Waals surface area contributed by atoms with Crippen LogP contribution in [0.4, 0.5) is 0 Å². The second-order valence-electron chi connectivity index (χ2n) is 13.8. The Balaban J connectivity index is 1.30. The third-order valence-corrected chi connectivity index (χ3v) is 10.6. The van der Waals surface area contributed by atoms with Crippen molar-refractivity contribution < 1.29 is 0 Å². The van der Waals surface area contributed by atoms with E-state index in [-0.39, 0.29) is 5.41 Å². The van der Waals surface area contributed by atoms with Crippen LogP contribution in [-0.4, -0.2) is 9.97 Å². The monoisotopic (exact) mass is 624 g/mol. The van der Waals surface area contributed by atoms with Crippen molar-refractivity contribution >= 4 is 43.1 Å². The predicted octanol–water partition coefficient (Wildman–Crippen LogP) is 12.4. The number of aromatic nitrogens is 2. The molecule has 0 saturated carbocycles. The summed E-state index contributed by atoms with van der Waals surface area (Å²) in [6.45, 7) is 4.70. The molecule has 49 heavy (non-hydrogen) atoms. The van der Waals surface area contributed by atoms with Gasteiger partial charge in [-0.25, -0.2) is 9.97 Å². The number of fused-ring (bicyclic) bond motifs is 8. The van der Waals surface area contributed by atoms with E-state index in [9.17, 15) is 0 Å². The zero-order valence-electron chi connectivity index (χ0n) is 27.4. The molecule has 1 aliphatic rings. The van der Waals surface area contributed by atoms with Crippen LogP contribution in [0.15, 0.2) is 158 Å². The van der Waals surface area contributed by atoms with E-state index >= 15 is 0 Å². The zero-order valence-corrected chi connectivity index (χ0v) is 27.4. The summed E-state index contributed by atoms with van der Waals surface area (Å²) in [4.78, 5) is 10.7. The maximum atomic E-state index is 5.38. The van der Waals surface area contributed by atoms with Crippen molar-refractivity contribution in [2.45, 2.75) is 19.3 Å². The lowest BCUT2D eigenvalue weighted by molar-refractivity contribution is 0.661. The maximum Gasteiger partial charge on any atom is 0.160 e. The lowest BCUT2D eigenvalue weighted by atomic mass is 9.81. The fourth-order valence-corrected chi connectivity index (χ4v) is 8.21. The fourth-order valence-electron chi connectivity index (χ4n) is 8.21. The third kappa shape index (κ3) is 4.20. The van der Waals surface area contributed by atoms with Gasteiger partial charge in [0.05, 0.1) is 11.4 Å². The molecule has 0 unspecified atom stereocenters. The van der Waals surface area contributed by atoms with E-state index < -0.39 is 0 Å². The largest absolute Gasteiger partial charge is 0.228 e. The topological polar surface area (TPSA) is 25.8 Å². The number of hydrogen-bond donors (Lipinski definition) is 0. The van der Waals surface area contributed by atoms with Gasteiger partial charge >= 0.3 is 0 Å². The normalized spacial score (nSPS) is 13.3. The molecular weight excluding hydrogens is 593 g/mol. The SMILES string of the molecule is CC1(C)c2cc3ccccc3cc2-c2c(-c3cc(-c4c5ccccc5cc5c4ccc4ccccc45)nc(-c4ccccc4)n3)cccc21. The Hall–Kier alpha value is -6.12. The highest BCUT2D eigenvalue weighted by Crippen LogP contribution is 2.53. The smallest absolute Gasteiger partial charge is 0.160 e. The molecule has 0 fully saturated rings. The Morgan fingerprint density at radius 3 is 1.88 bits per heavy atom. The van der Waals surface area contributed by atoms with Gasteiger partial charge in [-0.15, -0.1) is 0 Å². The van der Waals surface area contributed by atoms with Crippen molar-refractivity contribution in [3.05, 3.63) is 169 Å². The first kappa shape index (κ1) is 27.9. The number of nitrogens with zero attached hydrogens (tertiary/aromatic N) is 2. The van der Waals surface area contributed by atoms with Crippen LogP contribution in [0.25, 0.3) is 88.1 Å². The van der Waals surface area contributed by atoms with E-state index in [0.717, 1.165) is 33.9 Å². The van der Waals surface area contributed by atoms with Gasteiger partial charge in [0.15, 0.2) is 5.82 Å². The van der Waals surface area contributed by atoms with Crippen LogP contribution in [0.5, 0.6) is 0 Å². The highest BCUT2D eigenvalue weighted by atomic mass is 14.9. The Bertz CT molecular complexity index is 2790. The summed E-state index contributed by atoms with van der Waals surface area (Å²) < 4.78 is 0. The van der Waals surface area contributed by atoms with Crippen molar-refractivity contribution in [2.24, 2.45) is 0 Å². The Kier molecular flexibility index (Phi) is 5.95. The second-order valence-corrected chi connectivity index (χ2v) is 13.8. The van der Waals surface area contributed by atoms with Crippen LogP contribution in [0.3, 0.4) is 0 Å². The highest BCUT2D eigenvalue weighted by molar-refractivity contribution is 6.20. The van der Waals surface area contributed by atoms with Crippen molar-refractivity contribution in [2.75, 3.05) is 0 Å². The zero-order chi connectivity index (χ0) is 32.7. The van der Waals surface area contributed by atoms with Gasteiger partial charge in [-0.05, 0) is 89.6 Å². The molecule has 8 aromatic carbocycles. The van der Waals surface area contributed by atoms with Crippen molar-refractivity contribution in [3.8, 4) is 45.0 Å². The minimum Gasteiger partial charge on any atom is -0.228 e. The summed E-state index contributed by atoms with van der Waals surface area (Å²) in [5.41, 5.74) is 10.2. The summed E-state index contributed by atoms with van der Waals surface area (Å²) in [7, 11) is 0. The van der Waals surface area contributed by atoms with E-state index in [1.165, 1.54) is 65.3 Å². The van der Waals surface area contributed by atoms with Crippen LogP contribution in [0, 0.1) is 0 Å². The van der Waals surface area contributed by atoms with Crippen LogP contribution in [0.1, 0.15) is 25.0 Å². The summed E-state index contributed by atoms with van der Waals surface area (Å²) >= 11 is 0. The van der Waals surface area contributed by atoms with Crippen molar-refractivity contribution in [1.29, 1.82) is 0 Å². The molecule has 0 radical (unpaired) electrons. The van der Waals surface area contributed by atoms with Crippen LogP contribution >= 0.6 is 0 Å². The summed E-state index contributed by atoms with van der Waals surface area (Å²) in [5.74, 6) is 0.726.